The van der Waals surface area contributed by atoms with Gasteiger partial charge in [-0.1, -0.05) is 12.1 Å². The molecule has 0 aliphatic rings. The Morgan fingerprint density at radius 2 is 1.89 bits per heavy atom. The molecule has 0 bridgehead atoms. The van der Waals surface area contributed by atoms with Crippen LogP contribution in [0.1, 0.15) is 6.92 Å². The Balaban J connectivity index is 1.92. The van der Waals surface area contributed by atoms with Gasteiger partial charge in [0, 0.05) is 18.6 Å². The van der Waals surface area contributed by atoms with Gasteiger partial charge in [0.25, 0.3) is 0 Å². The zero-order chi connectivity index (χ0) is 19.0. The Morgan fingerprint density at radius 3 is 2.67 bits per heavy atom. The van der Waals surface area contributed by atoms with Crippen molar-refractivity contribution in [3.05, 3.63) is 72.6 Å². The number of para-hydroxylation sites is 2. The van der Waals surface area contributed by atoms with E-state index in [0.717, 1.165) is 17.1 Å². The molecule has 27 heavy (non-hydrogen) atoms. The van der Waals surface area contributed by atoms with Crippen molar-refractivity contribution in [2.75, 3.05) is 5.32 Å². The van der Waals surface area contributed by atoms with E-state index in [1.807, 2.05) is 24.3 Å². The summed E-state index contributed by atoms with van der Waals surface area (Å²) in [7, 11) is 0. The first-order valence-corrected chi connectivity index (χ1v) is 8.19. The van der Waals surface area contributed by atoms with E-state index in [1.54, 1.807) is 23.0 Å². The molecule has 5 nitrogen and oxygen atoms in total. The van der Waals surface area contributed by atoms with Gasteiger partial charge >= 0.3 is 0 Å². The first kappa shape index (κ1) is 16.8. The highest BCUT2D eigenvalue weighted by atomic mass is 19.1. The molecule has 2 aromatic carbocycles. The summed E-state index contributed by atoms with van der Waals surface area (Å²) in [6.07, 6.45) is 1.61. The fraction of sp³-hybridized carbons (Fsp3) is 0.0500. The summed E-state index contributed by atoms with van der Waals surface area (Å²) in [5.74, 6) is -0.949. The number of rotatable bonds is 3. The lowest BCUT2D eigenvalue weighted by Crippen LogP contribution is -2.09. The molecule has 0 unspecified atom stereocenters. The summed E-state index contributed by atoms with van der Waals surface area (Å²) in [6, 6.07) is 14.1. The van der Waals surface area contributed by atoms with Crippen molar-refractivity contribution in [2.45, 2.75) is 6.92 Å². The van der Waals surface area contributed by atoms with Crippen molar-refractivity contribution < 1.29 is 13.6 Å². The lowest BCUT2D eigenvalue weighted by atomic mass is 10.1. The van der Waals surface area contributed by atoms with Crippen LogP contribution in [0.4, 0.5) is 14.6 Å². The molecule has 0 atom stereocenters. The van der Waals surface area contributed by atoms with Crippen LogP contribution in [0.15, 0.2) is 60.9 Å². The van der Waals surface area contributed by atoms with Gasteiger partial charge in [0.1, 0.15) is 29.6 Å². The van der Waals surface area contributed by atoms with Crippen LogP contribution in [0.5, 0.6) is 0 Å². The van der Waals surface area contributed by atoms with Crippen LogP contribution in [0.3, 0.4) is 0 Å². The van der Waals surface area contributed by atoms with E-state index < -0.39 is 11.6 Å². The topological polar surface area (TPSA) is 59.8 Å². The smallest absolute Gasteiger partial charge is 0.222 e. The standard InChI is InChI=1S/C20H14F2N4O/c1-12(27)24-19-8-13(15-7-6-14(21)10-16(15)22)9-20(25-19)26-11-23-17-4-2-3-5-18(17)26/h2-11H,1H3,(H,24,25,27). The predicted octanol–water partition coefficient (Wildman–Crippen LogP) is 4.32. The highest BCUT2D eigenvalue weighted by molar-refractivity contribution is 5.89. The van der Waals surface area contributed by atoms with Crippen molar-refractivity contribution >= 4 is 22.8 Å². The normalized spacial score (nSPS) is 10.9. The molecule has 0 aliphatic heterocycles. The number of nitrogens with zero attached hydrogens (tertiary/aromatic N) is 3. The van der Waals surface area contributed by atoms with Gasteiger partial charge in [-0.15, -0.1) is 0 Å². The number of hydrogen-bond acceptors (Lipinski definition) is 3. The molecule has 4 rings (SSSR count). The van der Waals surface area contributed by atoms with Crippen molar-refractivity contribution in [3.63, 3.8) is 0 Å². The number of aromatic nitrogens is 3. The molecule has 1 N–H and O–H groups in total. The number of carbonyl (C=O) groups excluding carboxylic acids is 1. The van der Waals surface area contributed by atoms with Crippen LogP contribution in [-0.2, 0) is 4.79 Å². The summed E-state index contributed by atoms with van der Waals surface area (Å²) in [4.78, 5) is 20.3. The number of hydrogen-bond donors (Lipinski definition) is 1. The van der Waals surface area contributed by atoms with E-state index in [1.165, 1.54) is 19.1 Å². The highest BCUT2D eigenvalue weighted by Crippen LogP contribution is 2.28. The predicted molar refractivity (Wildman–Crippen MR) is 98.5 cm³/mol. The molecule has 134 valence electrons. The van der Waals surface area contributed by atoms with Crippen LogP contribution < -0.4 is 5.32 Å². The number of pyridine rings is 1. The van der Waals surface area contributed by atoms with Crippen LogP contribution in [0, 0.1) is 11.6 Å². The third-order valence-corrected chi connectivity index (χ3v) is 4.06. The maximum atomic E-state index is 14.3. The second-order valence-corrected chi connectivity index (χ2v) is 6.01. The number of nitrogens with one attached hydrogen (secondary N) is 1. The van der Waals surface area contributed by atoms with Crippen LogP contribution in [-0.4, -0.2) is 20.4 Å². The second kappa shape index (κ2) is 6.60. The van der Waals surface area contributed by atoms with E-state index in [9.17, 15) is 13.6 Å². The quantitative estimate of drug-likeness (QED) is 0.589. The number of benzene rings is 2. The first-order valence-electron chi connectivity index (χ1n) is 8.19. The number of fused-ring (bicyclic) bond motifs is 1. The molecule has 7 heteroatoms. The lowest BCUT2D eigenvalue weighted by molar-refractivity contribution is -0.114. The molecule has 0 aliphatic carbocycles. The highest BCUT2D eigenvalue weighted by Gasteiger charge is 2.13. The van der Waals surface area contributed by atoms with Gasteiger partial charge in [-0.25, -0.2) is 18.7 Å². The molecule has 0 fully saturated rings. The van der Waals surface area contributed by atoms with Crippen LogP contribution >= 0.6 is 0 Å². The van der Waals surface area contributed by atoms with Gasteiger partial charge in [-0.2, -0.15) is 0 Å². The molecule has 2 aromatic heterocycles. The zero-order valence-corrected chi connectivity index (χ0v) is 14.3. The van der Waals surface area contributed by atoms with E-state index in [-0.39, 0.29) is 17.3 Å². The summed E-state index contributed by atoms with van der Waals surface area (Å²) in [6.45, 7) is 1.36. The Morgan fingerprint density at radius 1 is 1.07 bits per heavy atom. The molecule has 0 saturated heterocycles. The maximum Gasteiger partial charge on any atom is 0.222 e. The summed E-state index contributed by atoms with van der Waals surface area (Å²) in [5.41, 5.74) is 2.25. The average Bonchev–Trinajstić information content (AvgIpc) is 3.05. The zero-order valence-electron chi connectivity index (χ0n) is 14.3. The van der Waals surface area contributed by atoms with Crippen LogP contribution in [0.2, 0.25) is 0 Å². The van der Waals surface area contributed by atoms with E-state index in [4.69, 9.17) is 0 Å². The van der Waals surface area contributed by atoms with Gasteiger partial charge in [-0.05, 0) is 42.0 Å². The minimum atomic E-state index is -0.698. The molecule has 0 spiro atoms. The fourth-order valence-electron chi connectivity index (χ4n) is 2.90. The van der Waals surface area contributed by atoms with Crippen molar-refractivity contribution in [3.8, 4) is 16.9 Å². The lowest BCUT2D eigenvalue weighted by Gasteiger charge is -2.11. The molecule has 1 amide bonds. The van der Waals surface area contributed by atoms with Crippen molar-refractivity contribution in [1.82, 2.24) is 14.5 Å². The average molecular weight is 364 g/mol. The number of anilines is 1. The molecule has 4 aromatic rings. The summed E-state index contributed by atoms with van der Waals surface area (Å²) < 4.78 is 29.3. The number of amides is 1. The Bertz CT molecular complexity index is 1170. The first-order chi connectivity index (χ1) is 13.0. The summed E-state index contributed by atoms with van der Waals surface area (Å²) in [5, 5.41) is 2.62. The monoisotopic (exact) mass is 364 g/mol. The Labute approximate surface area is 153 Å². The van der Waals surface area contributed by atoms with E-state index >= 15 is 0 Å². The van der Waals surface area contributed by atoms with Crippen molar-refractivity contribution in [1.29, 1.82) is 0 Å². The molecular formula is C20H14F2N4O. The molecule has 0 radical (unpaired) electrons. The Hall–Kier alpha value is -3.61. The molecular weight excluding hydrogens is 350 g/mol. The van der Waals surface area contributed by atoms with E-state index in [2.05, 4.69) is 15.3 Å². The van der Waals surface area contributed by atoms with E-state index in [0.29, 0.717) is 11.4 Å². The summed E-state index contributed by atoms with van der Waals surface area (Å²) >= 11 is 0. The van der Waals surface area contributed by atoms with Crippen LogP contribution in [0.25, 0.3) is 28.0 Å². The second-order valence-electron chi connectivity index (χ2n) is 6.01. The minimum Gasteiger partial charge on any atom is -0.311 e. The van der Waals surface area contributed by atoms with Gasteiger partial charge in [0.05, 0.1) is 11.0 Å². The van der Waals surface area contributed by atoms with Gasteiger partial charge < -0.3 is 5.32 Å². The number of halogens is 2. The van der Waals surface area contributed by atoms with Gasteiger partial charge in [-0.3, -0.25) is 9.36 Å². The molecule has 0 saturated carbocycles. The number of carbonyl (C=O) groups is 1. The molecule has 2 heterocycles. The largest absolute Gasteiger partial charge is 0.311 e. The third-order valence-electron chi connectivity index (χ3n) is 4.06. The maximum absolute atomic E-state index is 14.3. The number of imidazole rings is 1. The fourth-order valence-corrected chi connectivity index (χ4v) is 2.90. The Kier molecular flexibility index (Phi) is 4.12. The van der Waals surface area contributed by atoms with Gasteiger partial charge in [0.2, 0.25) is 5.91 Å². The van der Waals surface area contributed by atoms with Gasteiger partial charge in [0.15, 0.2) is 0 Å². The third kappa shape index (κ3) is 3.27. The minimum absolute atomic E-state index is 0.205. The SMILES string of the molecule is CC(=O)Nc1cc(-c2ccc(F)cc2F)cc(-n2cnc3ccccc32)n1. The van der Waals surface area contributed by atoms with Crippen molar-refractivity contribution in [2.24, 2.45) is 0 Å².